The van der Waals surface area contributed by atoms with Crippen molar-refractivity contribution >= 4 is 46.6 Å². The number of methoxy groups -OCH3 is 1. The molecule has 0 radical (unpaired) electrons. The number of carbonyl (C=O) groups excluding carboxylic acids is 2. The molecule has 2 aliphatic heterocycles. The van der Waals surface area contributed by atoms with Crippen LogP contribution in [-0.4, -0.2) is 42.7 Å². The first-order valence-corrected chi connectivity index (χ1v) is 10.4. The standard InChI is InChI=1S/C20H23ClN4O3S/c1-5-6-7-13(22-3)16-9-15-19(20(27)25(16)24-11(2)26)29-18-10-17(28-4)12(21)8-14(18)23-15/h6-8,10,16,23H,5,9H2,1-4H3,(H,24,26)/b7-6-,22-13?. The van der Waals surface area contributed by atoms with Crippen LogP contribution in [0.2, 0.25) is 5.02 Å². The number of hydrazine groups is 1. The van der Waals surface area contributed by atoms with Gasteiger partial charge in [0, 0.05) is 31.0 Å². The maximum absolute atomic E-state index is 13.3. The van der Waals surface area contributed by atoms with Crippen molar-refractivity contribution in [2.24, 2.45) is 4.99 Å². The van der Waals surface area contributed by atoms with Gasteiger partial charge in [0.05, 0.1) is 28.4 Å². The van der Waals surface area contributed by atoms with E-state index in [1.807, 2.05) is 19.1 Å². The van der Waals surface area contributed by atoms with E-state index in [4.69, 9.17) is 16.3 Å². The molecule has 0 bridgehead atoms. The molecule has 1 atom stereocenters. The van der Waals surface area contributed by atoms with Crippen molar-refractivity contribution in [3.8, 4) is 5.75 Å². The Morgan fingerprint density at radius 1 is 1.52 bits per heavy atom. The second kappa shape index (κ2) is 8.92. The van der Waals surface area contributed by atoms with Gasteiger partial charge in [-0.25, -0.2) is 5.01 Å². The molecule has 1 aromatic rings. The predicted molar refractivity (Wildman–Crippen MR) is 116 cm³/mol. The van der Waals surface area contributed by atoms with E-state index in [1.54, 1.807) is 26.3 Å². The molecule has 0 spiro atoms. The van der Waals surface area contributed by atoms with Crippen molar-refractivity contribution in [3.63, 3.8) is 0 Å². The van der Waals surface area contributed by atoms with E-state index in [9.17, 15) is 9.59 Å². The molecule has 0 fully saturated rings. The molecule has 0 saturated carbocycles. The summed E-state index contributed by atoms with van der Waals surface area (Å²) in [5.41, 5.74) is 4.99. The molecular weight excluding hydrogens is 412 g/mol. The van der Waals surface area contributed by atoms with Gasteiger partial charge in [-0.05, 0) is 24.6 Å². The number of aliphatic imine (C=N–C) groups is 1. The number of thioether (sulfide) groups is 1. The Morgan fingerprint density at radius 2 is 2.28 bits per heavy atom. The maximum Gasteiger partial charge on any atom is 0.281 e. The number of anilines is 1. The van der Waals surface area contributed by atoms with Gasteiger partial charge in [-0.2, -0.15) is 0 Å². The van der Waals surface area contributed by atoms with Crippen molar-refractivity contribution in [1.82, 2.24) is 10.4 Å². The van der Waals surface area contributed by atoms with Gasteiger partial charge >= 0.3 is 0 Å². The Bertz CT molecular complexity index is 942. The van der Waals surface area contributed by atoms with Gasteiger partial charge in [-0.15, -0.1) is 0 Å². The number of rotatable bonds is 5. The molecule has 1 aromatic carbocycles. The molecule has 2 amide bonds. The largest absolute Gasteiger partial charge is 0.495 e. The number of hydrogen-bond acceptors (Lipinski definition) is 6. The number of ether oxygens (including phenoxy) is 1. The van der Waals surface area contributed by atoms with Crippen LogP contribution >= 0.6 is 23.4 Å². The topological polar surface area (TPSA) is 83.0 Å². The van der Waals surface area contributed by atoms with E-state index in [-0.39, 0.29) is 11.8 Å². The molecule has 1 unspecified atom stereocenters. The number of hydrogen-bond donors (Lipinski definition) is 2. The van der Waals surface area contributed by atoms with Crippen molar-refractivity contribution < 1.29 is 14.3 Å². The highest BCUT2D eigenvalue weighted by Crippen LogP contribution is 2.47. The maximum atomic E-state index is 13.3. The highest BCUT2D eigenvalue weighted by molar-refractivity contribution is 8.04. The lowest BCUT2D eigenvalue weighted by Crippen LogP contribution is -2.57. The summed E-state index contributed by atoms with van der Waals surface area (Å²) in [5.74, 6) is -0.0618. The summed E-state index contributed by atoms with van der Waals surface area (Å²) in [6, 6.07) is 3.17. The van der Waals surface area contributed by atoms with Gasteiger partial charge < -0.3 is 10.1 Å². The molecule has 2 aliphatic rings. The minimum absolute atomic E-state index is 0.283. The average Bonchev–Trinajstić information content (AvgIpc) is 2.69. The highest BCUT2D eigenvalue weighted by Gasteiger charge is 2.40. The fourth-order valence-corrected chi connectivity index (χ4v) is 4.51. The fraction of sp³-hybridized carbons (Fsp3) is 0.350. The zero-order valence-corrected chi connectivity index (χ0v) is 18.3. The molecule has 2 N–H and O–H groups in total. The van der Waals surface area contributed by atoms with Gasteiger partial charge in [-0.3, -0.25) is 20.0 Å². The summed E-state index contributed by atoms with van der Waals surface area (Å²) in [7, 11) is 3.23. The van der Waals surface area contributed by atoms with Gasteiger partial charge in [-0.1, -0.05) is 36.4 Å². The summed E-state index contributed by atoms with van der Waals surface area (Å²) in [6.45, 7) is 3.41. The lowest BCUT2D eigenvalue weighted by molar-refractivity contribution is -0.139. The Labute approximate surface area is 179 Å². The van der Waals surface area contributed by atoms with Gasteiger partial charge in [0.2, 0.25) is 5.91 Å². The van der Waals surface area contributed by atoms with Crippen LogP contribution in [-0.2, 0) is 9.59 Å². The monoisotopic (exact) mass is 434 g/mol. The second-order valence-electron chi connectivity index (χ2n) is 6.54. The van der Waals surface area contributed by atoms with E-state index in [2.05, 4.69) is 15.7 Å². The number of fused-ring (bicyclic) bond motifs is 1. The first-order valence-electron chi connectivity index (χ1n) is 9.19. The first kappa shape index (κ1) is 21.3. The SMILES string of the molecule is CC/C=C\C(=NC)C1CC2=C(Sc3cc(OC)c(Cl)cc3N2)C(=O)N1NC(C)=O. The minimum atomic E-state index is -0.415. The van der Waals surface area contributed by atoms with Crippen LogP contribution in [0.4, 0.5) is 5.69 Å². The van der Waals surface area contributed by atoms with Gasteiger partial charge in [0.15, 0.2) is 0 Å². The van der Waals surface area contributed by atoms with Crippen molar-refractivity contribution in [2.45, 2.75) is 37.6 Å². The first-order chi connectivity index (χ1) is 13.9. The highest BCUT2D eigenvalue weighted by atomic mass is 35.5. The van der Waals surface area contributed by atoms with Crippen LogP contribution in [0.25, 0.3) is 0 Å². The van der Waals surface area contributed by atoms with E-state index < -0.39 is 6.04 Å². The molecule has 3 rings (SSSR count). The van der Waals surface area contributed by atoms with Crippen LogP contribution < -0.4 is 15.5 Å². The zero-order valence-electron chi connectivity index (χ0n) is 16.7. The quantitative estimate of drug-likeness (QED) is 0.689. The third-order valence-corrected chi connectivity index (χ3v) is 6.03. The van der Waals surface area contributed by atoms with E-state index in [1.165, 1.54) is 23.7 Å². The lowest BCUT2D eigenvalue weighted by Gasteiger charge is -2.39. The zero-order chi connectivity index (χ0) is 21.1. The van der Waals surface area contributed by atoms with Crippen LogP contribution in [0.1, 0.15) is 26.7 Å². The van der Waals surface area contributed by atoms with Crippen molar-refractivity contribution in [1.29, 1.82) is 0 Å². The average molecular weight is 435 g/mol. The predicted octanol–water partition coefficient (Wildman–Crippen LogP) is 3.77. The molecular formula is C20H23ClN4O3S. The van der Waals surface area contributed by atoms with Gasteiger partial charge in [0.25, 0.3) is 5.91 Å². The molecule has 9 heteroatoms. The smallest absolute Gasteiger partial charge is 0.281 e. The molecule has 2 heterocycles. The van der Waals surface area contributed by atoms with Crippen LogP contribution in [0.5, 0.6) is 5.75 Å². The Kier molecular flexibility index (Phi) is 6.54. The van der Waals surface area contributed by atoms with Crippen LogP contribution in [0.3, 0.4) is 0 Å². The number of amides is 2. The molecule has 7 nitrogen and oxygen atoms in total. The third-order valence-electron chi connectivity index (χ3n) is 4.55. The Hall–Kier alpha value is -2.45. The summed E-state index contributed by atoms with van der Waals surface area (Å²) in [5, 5.41) is 5.20. The fourth-order valence-electron chi connectivity index (χ4n) is 3.22. The normalized spacial score (nSPS) is 19.1. The molecule has 29 heavy (non-hydrogen) atoms. The van der Waals surface area contributed by atoms with Crippen molar-refractivity contribution in [2.75, 3.05) is 19.5 Å². The molecule has 0 aliphatic carbocycles. The Morgan fingerprint density at radius 3 is 2.90 bits per heavy atom. The summed E-state index contributed by atoms with van der Waals surface area (Å²) < 4.78 is 5.28. The van der Waals surface area contributed by atoms with Crippen LogP contribution in [0, 0.1) is 0 Å². The summed E-state index contributed by atoms with van der Waals surface area (Å²) in [6.07, 6.45) is 5.20. The Balaban J connectivity index is 2.01. The van der Waals surface area contributed by atoms with E-state index in [0.717, 1.165) is 22.7 Å². The number of nitrogens with one attached hydrogen (secondary N) is 2. The lowest BCUT2D eigenvalue weighted by atomic mass is 9.99. The third kappa shape index (κ3) is 4.28. The van der Waals surface area contributed by atoms with Crippen molar-refractivity contribution in [3.05, 3.63) is 39.9 Å². The molecule has 154 valence electrons. The number of halogens is 1. The van der Waals surface area contributed by atoms with E-state index >= 15 is 0 Å². The number of benzene rings is 1. The molecule has 0 saturated heterocycles. The number of carbonyl (C=O) groups is 2. The number of allylic oxidation sites excluding steroid dienone is 1. The minimum Gasteiger partial charge on any atom is -0.495 e. The number of nitrogens with zero attached hydrogens (tertiary/aromatic N) is 2. The summed E-state index contributed by atoms with van der Waals surface area (Å²) in [4.78, 5) is 30.8. The summed E-state index contributed by atoms with van der Waals surface area (Å²) >= 11 is 7.60. The van der Waals surface area contributed by atoms with E-state index in [0.29, 0.717) is 27.8 Å². The second-order valence-corrected chi connectivity index (χ2v) is 8.00. The van der Waals surface area contributed by atoms with Gasteiger partial charge in [0.1, 0.15) is 11.8 Å². The molecule has 0 aromatic heterocycles. The van der Waals surface area contributed by atoms with Crippen LogP contribution in [0.15, 0.2) is 44.8 Å².